The zero-order chi connectivity index (χ0) is 13.7. The summed E-state index contributed by atoms with van der Waals surface area (Å²) in [5, 5.41) is 7.78. The molecule has 4 nitrogen and oxygen atoms in total. The summed E-state index contributed by atoms with van der Waals surface area (Å²) in [5.74, 6) is 0.858. The molecule has 2 aromatic rings. The van der Waals surface area contributed by atoms with Crippen molar-refractivity contribution in [1.29, 1.82) is 0 Å². The first-order valence-electron chi connectivity index (χ1n) is 6.80. The van der Waals surface area contributed by atoms with E-state index in [2.05, 4.69) is 59.6 Å². The number of hydrogen-bond donors (Lipinski definition) is 3. The monoisotopic (exact) mass is 386 g/mol. The van der Waals surface area contributed by atoms with Crippen molar-refractivity contribution in [1.82, 2.24) is 15.6 Å². The quantitative estimate of drug-likeness (QED) is 0.429. The minimum Gasteiger partial charge on any atom is -0.357 e. The number of hydrogen-bond acceptors (Lipinski definition) is 1. The Hall–Kier alpha value is -1.24. The molecule has 0 aliphatic heterocycles. The number of aliphatic imine (C=N–C) groups is 1. The predicted molar refractivity (Wildman–Crippen MR) is 96.8 cm³/mol. The number of rotatable bonds is 4. The van der Waals surface area contributed by atoms with Crippen LogP contribution in [0.15, 0.2) is 35.3 Å². The number of nitrogens with zero attached hydrogens (tertiary/aromatic N) is 1. The van der Waals surface area contributed by atoms with E-state index in [0.29, 0.717) is 12.6 Å². The number of halogens is 1. The summed E-state index contributed by atoms with van der Waals surface area (Å²) in [6, 6.07) is 10.8. The second kappa shape index (κ2) is 8.14. The lowest BCUT2D eigenvalue weighted by Gasteiger charge is -2.13. The minimum atomic E-state index is 0. The zero-order valence-electron chi connectivity index (χ0n) is 12.2. The van der Waals surface area contributed by atoms with Crippen molar-refractivity contribution in [2.45, 2.75) is 33.4 Å². The number of guanidine groups is 1. The highest BCUT2D eigenvalue weighted by atomic mass is 127. The van der Waals surface area contributed by atoms with Gasteiger partial charge in [-0.05, 0) is 38.3 Å². The predicted octanol–water partition coefficient (Wildman–Crippen LogP) is 3.25. The fraction of sp³-hybridized carbons (Fsp3) is 0.400. The maximum atomic E-state index is 4.58. The standard InChI is InChI=1S/C15H22N4.HI/c1-4-16-15(18-11(2)3)17-10-13-9-12-7-5-6-8-14(12)19-13;/h5-9,11,19H,4,10H2,1-3H3,(H2,16,17,18);1H. The van der Waals surface area contributed by atoms with Crippen LogP contribution in [0.1, 0.15) is 26.5 Å². The molecular formula is C15H23IN4. The lowest BCUT2D eigenvalue weighted by Crippen LogP contribution is -2.41. The Balaban J connectivity index is 0.00000200. The molecule has 0 saturated heterocycles. The first-order chi connectivity index (χ1) is 9.19. The van der Waals surface area contributed by atoms with E-state index in [0.717, 1.165) is 23.7 Å². The number of nitrogens with one attached hydrogen (secondary N) is 3. The van der Waals surface area contributed by atoms with Gasteiger partial charge < -0.3 is 15.6 Å². The number of para-hydroxylation sites is 1. The van der Waals surface area contributed by atoms with Crippen molar-refractivity contribution in [3.8, 4) is 0 Å². The van der Waals surface area contributed by atoms with Crippen molar-refractivity contribution in [3.05, 3.63) is 36.0 Å². The third kappa shape index (κ3) is 4.70. The molecule has 3 N–H and O–H groups in total. The highest BCUT2D eigenvalue weighted by Crippen LogP contribution is 2.14. The lowest BCUT2D eigenvalue weighted by molar-refractivity contribution is 0.700. The summed E-state index contributed by atoms with van der Waals surface area (Å²) in [6.07, 6.45) is 0. The molecular weight excluding hydrogens is 363 g/mol. The Bertz CT molecular complexity index is 527. The fourth-order valence-corrected chi connectivity index (χ4v) is 1.98. The van der Waals surface area contributed by atoms with Gasteiger partial charge in [0.1, 0.15) is 0 Å². The van der Waals surface area contributed by atoms with Gasteiger partial charge in [-0.3, -0.25) is 0 Å². The first-order valence-corrected chi connectivity index (χ1v) is 6.80. The Kier molecular flexibility index (Phi) is 6.84. The largest absolute Gasteiger partial charge is 0.357 e. The number of benzene rings is 1. The third-order valence-corrected chi connectivity index (χ3v) is 2.76. The SMILES string of the molecule is CCNC(=NCc1cc2ccccc2[nH]1)NC(C)C.I. The van der Waals surface area contributed by atoms with E-state index in [4.69, 9.17) is 0 Å². The molecule has 1 aromatic carbocycles. The Morgan fingerprint density at radius 2 is 2.05 bits per heavy atom. The van der Waals surface area contributed by atoms with Crippen molar-refractivity contribution in [3.63, 3.8) is 0 Å². The zero-order valence-corrected chi connectivity index (χ0v) is 14.6. The number of fused-ring (bicyclic) bond motifs is 1. The van der Waals surface area contributed by atoms with Gasteiger partial charge in [-0.2, -0.15) is 0 Å². The molecule has 20 heavy (non-hydrogen) atoms. The molecule has 0 saturated carbocycles. The maximum Gasteiger partial charge on any atom is 0.191 e. The Morgan fingerprint density at radius 1 is 1.30 bits per heavy atom. The molecule has 1 heterocycles. The van der Waals surface area contributed by atoms with Crippen LogP contribution in [0.5, 0.6) is 0 Å². The van der Waals surface area contributed by atoms with Gasteiger partial charge in [0, 0.05) is 23.8 Å². The van der Waals surface area contributed by atoms with Crippen molar-refractivity contribution in [2.24, 2.45) is 4.99 Å². The highest BCUT2D eigenvalue weighted by Gasteiger charge is 2.02. The van der Waals surface area contributed by atoms with E-state index >= 15 is 0 Å². The van der Waals surface area contributed by atoms with Crippen LogP contribution in [0, 0.1) is 0 Å². The average molecular weight is 386 g/mol. The Labute approximate surface area is 137 Å². The molecule has 0 fully saturated rings. The van der Waals surface area contributed by atoms with E-state index in [-0.39, 0.29) is 24.0 Å². The topological polar surface area (TPSA) is 52.2 Å². The second-order valence-electron chi connectivity index (χ2n) is 4.88. The maximum absolute atomic E-state index is 4.58. The number of aromatic amines is 1. The van der Waals surface area contributed by atoms with Gasteiger partial charge in [-0.1, -0.05) is 18.2 Å². The van der Waals surface area contributed by atoms with Crippen molar-refractivity contribution in [2.75, 3.05) is 6.54 Å². The molecule has 5 heteroatoms. The van der Waals surface area contributed by atoms with Gasteiger partial charge in [-0.15, -0.1) is 24.0 Å². The number of aromatic nitrogens is 1. The van der Waals surface area contributed by atoms with Crippen LogP contribution in [-0.4, -0.2) is 23.5 Å². The van der Waals surface area contributed by atoms with Crippen LogP contribution in [0.25, 0.3) is 10.9 Å². The second-order valence-corrected chi connectivity index (χ2v) is 4.88. The Morgan fingerprint density at radius 3 is 2.70 bits per heavy atom. The van der Waals surface area contributed by atoms with Crippen LogP contribution in [0.2, 0.25) is 0 Å². The smallest absolute Gasteiger partial charge is 0.191 e. The average Bonchev–Trinajstić information content (AvgIpc) is 2.78. The van der Waals surface area contributed by atoms with Crippen LogP contribution >= 0.6 is 24.0 Å². The van der Waals surface area contributed by atoms with Crippen LogP contribution in [0.4, 0.5) is 0 Å². The van der Waals surface area contributed by atoms with Gasteiger partial charge in [0.2, 0.25) is 0 Å². The van der Waals surface area contributed by atoms with E-state index in [1.165, 1.54) is 5.39 Å². The summed E-state index contributed by atoms with van der Waals surface area (Å²) in [4.78, 5) is 7.97. The van der Waals surface area contributed by atoms with E-state index in [1.807, 2.05) is 12.1 Å². The van der Waals surface area contributed by atoms with Gasteiger partial charge in [0.25, 0.3) is 0 Å². The van der Waals surface area contributed by atoms with E-state index < -0.39 is 0 Å². The van der Waals surface area contributed by atoms with Crippen molar-refractivity contribution < 1.29 is 0 Å². The molecule has 110 valence electrons. The van der Waals surface area contributed by atoms with Crippen LogP contribution in [0.3, 0.4) is 0 Å². The molecule has 2 rings (SSSR count). The van der Waals surface area contributed by atoms with Gasteiger partial charge in [-0.25, -0.2) is 4.99 Å². The summed E-state index contributed by atoms with van der Waals surface area (Å²) >= 11 is 0. The summed E-state index contributed by atoms with van der Waals surface area (Å²) in [6.45, 7) is 7.80. The molecule has 0 aliphatic rings. The molecule has 0 bridgehead atoms. The van der Waals surface area contributed by atoms with Crippen LogP contribution < -0.4 is 10.6 Å². The summed E-state index contributed by atoms with van der Waals surface area (Å²) < 4.78 is 0. The van der Waals surface area contributed by atoms with Gasteiger partial charge in [0.05, 0.1) is 6.54 Å². The molecule has 0 unspecified atom stereocenters. The molecule has 0 spiro atoms. The molecule has 0 radical (unpaired) electrons. The first kappa shape index (κ1) is 16.8. The van der Waals surface area contributed by atoms with E-state index in [1.54, 1.807) is 0 Å². The van der Waals surface area contributed by atoms with Gasteiger partial charge in [0.15, 0.2) is 5.96 Å². The molecule has 1 aromatic heterocycles. The van der Waals surface area contributed by atoms with Crippen LogP contribution in [-0.2, 0) is 6.54 Å². The number of H-pyrrole nitrogens is 1. The molecule has 0 atom stereocenters. The third-order valence-electron chi connectivity index (χ3n) is 2.76. The summed E-state index contributed by atoms with van der Waals surface area (Å²) in [5.41, 5.74) is 2.29. The van der Waals surface area contributed by atoms with Gasteiger partial charge >= 0.3 is 0 Å². The minimum absolute atomic E-state index is 0. The molecule has 0 amide bonds. The molecule has 0 aliphatic carbocycles. The summed E-state index contributed by atoms with van der Waals surface area (Å²) in [7, 11) is 0. The normalized spacial score (nSPS) is 11.5. The van der Waals surface area contributed by atoms with E-state index in [9.17, 15) is 0 Å². The van der Waals surface area contributed by atoms with Crippen molar-refractivity contribution >= 4 is 40.8 Å². The fourth-order valence-electron chi connectivity index (χ4n) is 1.98. The lowest BCUT2D eigenvalue weighted by atomic mass is 10.2. The highest BCUT2D eigenvalue weighted by molar-refractivity contribution is 14.0.